The minimum Gasteiger partial charge on any atom is -0.370 e. The normalized spacial score (nSPS) is 10.6. The monoisotopic (exact) mass is 309 g/mol. The van der Waals surface area contributed by atoms with E-state index in [2.05, 4.69) is 15.4 Å². The molecule has 0 spiro atoms. The Morgan fingerprint density at radius 1 is 1.38 bits per heavy atom. The topological polar surface area (TPSA) is 85.9 Å². The van der Waals surface area contributed by atoms with E-state index in [4.69, 9.17) is 11.6 Å². The maximum absolute atomic E-state index is 10.7. The molecule has 2 aromatic heterocycles. The second kappa shape index (κ2) is 6.53. The van der Waals surface area contributed by atoms with E-state index in [0.717, 1.165) is 24.4 Å². The van der Waals surface area contributed by atoms with Gasteiger partial charge in [0.05, 0.1) is 22.7 Å². The summed E-state index contributed by atoms with van der Waals surface area (Å²) in [7, 11) is 0. The van der Waals surface area contributed by atoms with Gasteiger partial charge in [0.2, 0.25) is 0 Å². The Morgan fingerprint density at radius 3 is 2.76 bits per heavy atom. The van der Waals surface area contributed by atoms with Crippen molar-refractivity contribution in [3.63, 3.8) is 0 Å². The molecule has 0 saturated heterocycles. The van der Waals surface area contributed by atoms with Gasteiger partial charge in [0.25, 0.3) is 5.69 Å². The summed E-state index contributed by atoms with van der Waals surface area (Å²) in [5.41, 5.74) is 2.03. The van der Waals surface area contributed by atoms with Gasteiger partial charge in [-0.2, -0.15) is 5.10 Å². The summed E-state index contributed by atoms with van der Waals surface area (Å²) < 4.78 is 1.94. The lowest BCUT2D eigenvalue weighted by Gasteiger charge is -2.07. The van der Waals surface area contributed by atoms with Crippen molar-refractivity contribution in [2.24, 2.45) is 0 Å². The van der Waals surface area contributed by atoms with Gasteiger partial charge >= 0.3 is 0 Å². The summed E-state index contributed by atoms with van der Waals surface area (Å²) >= 11 is 5.76. The van der Waals surface area contributed by atoms with Crippen LogP contribution in [0.2, 0.25) is 5.15 Å². The minimum absolute atomic E-state index is 0.0731. The molecule has 1 N–H and O–H groups in total. The zero-order valence-electron chi connectivity index (χ0n) is 11.8. The van der Waals surface area contributed by atoms with Crippen LogP contribution in [0, 0.1) is 24.0 Å². The zero-order chi connectivity index (χ0) is 15.4. The fourth-order valence-electron chi connectivity index (χ4n) is 2.03. The van der Waals surface area contributed by atoms with Gasteiger partial charge in [0.1, 0.15) is 11.0 Å². The highest BCUT2D eigenvalue weighted by atomic mass is 35.5. The summed E-state index contributed by atoms with van der Waals surface area (Å²) in [5.74, 6) is 0.405. The van der Waals surface area contributed by atoms with Crippen molar-refractivity contribution in [2.75, 3.05) is 11.9 Å². The average molecular weight is 310 g/mol. The molecule has 0 aliphatic heterocycles. The molecule has 8 heteroatoms. The number of pyridine rings is 1. The third kappa shape index (κ3) is 4.16. The molecular formula is C13H16ClN5O2. The number of aromatic nitrogens is 3. The van der Waals surface area contributed by atoms with Crippen molar-refractivity contribution in [3.8, 4) is 0 Å². The number of nitro groups is 1. The van der Waals surface area contributed by atoms with Crippen LogP contribution in [0.15, 0.2) is 18.2 Å². The Labute approximate surface area is 127 Å². The van der Waals surface area contributed by atoms with E-state index in [1.165, 1.54) is 12.1 Å². The number of nitrogens with one attached hydrogen (secondary N) is 1. The lowest BCUT2D eigenvalue weighted by molar-refractivity contribution is -0.384. The third-order valence-corrected chi connectivity index (χ3v) is 3.14. The smallest absolute Gasteiger partial charge is 0.276 e. The number of rotatable bonds is 6. The van der Waals surface area contributed by atoms with Gasteiger partial charge in [0, 0.05) is 18.8 Å². The summed E-state index contributed by atoms with van der Waals surface area (Å²) in [4.78, 5) is 14.3. The Balaban J connectivity index is 1.89. The van der Waals surface area contributed by atoms with E-state index in [-0.39, 0.29) is 10.8 Å². The van der Waals surface area contributed by atoms with Gasteiger partial charge in [-0.3, -0.25) is 14.8 Å². The average Bonchev–Trinajstić information content (AvgIpc) is 2.72. The lowest BCUT2D eigenvalue weighted by Crippen LogP contribution is -2.10. The highest BCUT2D eigenvalue weighted by molar-refractivity contribution is 6.29. The molecule has 2 aromatic rings. The van der Waals surface area contributed by atoms with Crippen molar-refractivity contribution in [2.45, 2.75) is 26.8 Å². The van der Waals surface area contributed by atoms with Gasteiger partial charge in [-0.05, 0) is 26.3 Å². The molecule has 2 heterocycles. The van der Waals surface area contributed by atoms with E-state index in [9.17, 15) is 10.1 Å². The minimum atomic E-state index is -0.491. The van der Waals surface area contributed by atoms with E-state index < -0.39 is 4.92 Å². The van der Waals surface area contributed by atoms with E-state index in [1.54, 1.807) is 0 Å². The molecule has 0 amide bonds. The maximum Gasteiger partial charge on any atom is 0.276 e. The van der Waals surface area contributed by atoms with Crippen LogP contribution in [0.4, 0.5) is 11.5 Å². The van der Waals surface area contributed by atoms with Crippen molar-refractivity contribution in [1.82, 2.24) is 14.8 Å². The van der Waals surface area contributed by atoms with Crippen LogP contribution in [0.25, 0.3) is 0 Å². The highest BCUT2D eigenvalue weighted by Gasteiger charge is 2.09. The fourth-order valence-corrected chi connectivity index (χ4v) is 2.23. The first kappa shape index (κ1) is 15.2. The third-order valence-electron chi connectivity index (χ3n) is 2.95. The molecule has 0 radical (unpaired) electrons. The molecule has 0 unspecified atom stereocenters. The number of aryl methyl sites for hydroxylation is 3. The van der Waals surface area contributed by atoms with Crippen LogP contribution in [0.5, 0.6) is 0 Å². The van der Waals surface area contributed by atoms with Gasteiger partial charge in [-0.15, -0.1) is 0 Å². The number of halogens is 1. The van der Waals surface area contributed by atoms with Gasteiger partial charge in [0.15, 0.2) is 0 Å². The molecule has 0 aliphatic rings. The maximum atomic E-state index is 10.7. The number of hydrogen-bond donors (Lipinski definition) is 1. The fraction of sp³-hybridized carbons (Fsp3) is 0.385. The number of hydrogen-bond acceptors (Lipinski definition) is 5. The van der Waals surface area contributed by atoms with Crippen molar-refractivity contribution >= 4 is 23.1 Å². The van der Waals surface area contributed by atoms with Gasteiger partial charge in [-0.1, -0.05) is 11.6 Å². The van der Waals surface area contributed by atoms with E-state index in [1.807, 2.05) is 24.6 Å². The predicted molar refractivity (Wildman–Crippen MR) is 80.7 cm³/mol. The molecule has 21 heavy (non-hydrogen) atoms. The zero-order valence-corrected chi connectivity index (χ0v) is 12.6. The molecule has 0 saturated carbocycles. The SMILES string of the molecule is Cc1cc(C)n(CCCNc2cc([N+](=O)[O-])cc(Cl)n2)n1. The molecule has 0 bridgehead atoms. The molecule has 0 atom stereocenters. The first-order valence-electron chi connectivity index (χ1n) is 6.52. The molecular weight excluding hydrogens is 294 g/mol. The quantitative estimate of drug-likeness (QED) is 0.384. The Hall–Kier alpha value is -2.15. The summed E-state index contributed by atoms with van der Waals surface area (Å²) in [6.45, 7) is 5.37. The number of anilines is 1. The Bertz CT molecular complexity index is 656. The van der Waals surface area contributed by atoms with Crippen LogP contribution >= 0.6 is 11.6 Å². The van der Waals surface area contributed by atoms with E-state index in [0.29, 0.717) is 12.4 Å². The van der Waals surface area contributed by atoms with Crippen LogP contribution in [0.3, 0.4) is 0 Å². The van der Waals surface area contributed by atoms with Crippen molar-refractivity contribution in [3.05, 3.63) is 44.9 Å². The molecule has 7 nitrogen and oxygen atoms in total. The Kier molecular flexibility index (Phi) is 4.74. The molecule has 112 valence electrons. The second-order valence-corrected chi connectivity index (χ2v) is 5.11. The standard InChI is InChI=1S/C13H16ClN5O2/c1-9-6-10(2)18(17-9)5-3-4-15-13-8-11(19(20)21)7-12(14)16-13/h6-8H,3-5H2,1-2H3,(H,15,16). The van der Waals surface area contributed by atoms with Gasteiger partial charge < -0.3 is 5.32 Å². The molecule has 0 aliphatic carbocycles. The largest absolute Gasteiger partial charge is 0.370 e. The second-order valence-electron chi connectivity index (χ2n) is 4.72. The van der Waals surface area contributed by atoms with Crippen molar-refractivity contribution in [1.29, 1.82) is 0 Å². The summed E-state index contributed by atoms with van der Waals surface area (Å²) in [6.07, 6.45) is 0.823. The number of nitrogens with zero attached hydrogens (tertiary/aromatic N) is 4. The van der Waals surface area contributed by atoms with Gasteiger partial charge in [-0.25, -0.2) is 4.98 Å². The van der Waals surface area contributed by atoms with Crippen LogP contribution in [0.1, 0.15) is 17.8 Å². The highest BCUT2D eigenvalue weighted by Crippen LogP contribution is 2.20. The van der Waals surface area contributed by atoms with Crippen LogP contribution < -0.4 is 5.32 Å². The molecule has 0 aromatic carbocycles. The molecule has 0 fully saturated rings. The Morgan fingerprint density at radius 2 is 2.14 bits per heavy atom. The summed E-state index contributed by atoms with van der Waals surface area (Å²) in [6, 6.07) is 4.62. The van der Waals surface area contributed by atoms with Crippen molar-refractivity contribution < 1.29 is 4.92 Å². The first-order chi connectivity index (χ1) is 9.95. The summed E-state index contributed by atoms with van der Waals surface area (Å²) in [5, 5.41) is 18.2. The van der Waals surface area contributed by atoms with Crippen LogP contribution in [-0.4, -0.2) is 26.2 Å². The van der Waals surface area contributed by atoms with E-state index >= 15 is 0 Å². The predicted octanol–water partition coefficient (Wildman–Crippen LogP) is 2.96. The lowest BCUT2D eigenvalue weighted by atomic mass is 10.3. The first-order valence-corrected chi connectivity index (χ1v) is 6.90. The van der Waals surface area contributed by atoms with Crippen LogP contribution in [-0.2, 0) is 6.54 Å². The molecule has 2 rings (SSSR count).